The average Bonchev–Trinajstić information content (AvgIpc) is 2.63. The van der Waals surface area contributed by atoms with Crippen molar-refractivity contribution < 1.29 is 4.74 Å². The molecule has 2 unspecified atom stereocenters. The molecule has 16 heavy (non-hydrogen) atoms. The fourth-order valence-electron chi connectivity index (χ4n) is 1.74. The predicted molar refractivity (Wildman–Crippen MR) is 74.0 cm³/mol. The zero-order valence-corrected chi connectivity index (χ0v) is 12.3. The van der Waals surface area contributed by atoms with Gasteiger partial charge in [0, 0.05) is 17.5 Å². The Kier molecular flexibility index (Phi) is 6.58. The number of thiophene rings is 1. The molecular weight excluding hydrogens is 286 g/mol. The van der Waals surface area contributed by atoms with Gasteiger partial charge in [-0.15, -0.1) is 11.3 Å². The third-order valence-corrected chi connectivity index (χ3v) is 4.14. The molecule has 0 fully saturated rings. The van der Waals surface area contributed by atoms with E-state index >= 15 is 0 Å². The SMILES string of the molecule is CCCC(OCC)C(N)Cc1ccc(Br)s1. The smallest absolute Gasteiger partial charge is 0.0729 e. The maximum Gasteiger partial charge on any atom is 0.0729 e. The van der Waals surface area contributed by atoms with Crippen molar-refractivity contribution in [3.63, 3.8) is 0 Å². The number of hydrogen-bond acceptors (Lipinski definition) is 3. The largest absolute Gasteiger partial charge is 0.377 e. The number of ether oxygens (including phenoxy) is 1. The van der Waals surface area contributed by atoms with Crippen LogP contribution in [0.4, 0.5) is 0 Å². The lowest BCUT2D eigenvalue weighted by Gasteiger charge is -2.23. The van der Waals surface area contributed by atoms with Crippen molar-refractivity contribution in [2.45, 2.75) is 45.3 Å². The van der Waals surface area contributed by atoms with Gasteiger partial charge in [0.05, 0.1) is 9.89 Å². The monoisotopic (exact) mass is 305 g/mol. The molecule has 92 valence electrons. The van der Waals surface area contributed by atoms with Crippen molar-refractivity contribution in [3.8, 4) is 0 Å². The molecule has 1 rings (SSSR count). The molecule has 0 spiro atoms. The highest BCUT2D eigenvalue weighted by Gasteiger charge is 2.18. The Balaban J connectivity index is 2.50. The van der Waals surface area contributed by atoms with E-state index in [9.17, 15) is 0 Å². The van der Waals surface area contributed by atoms with Gasteiger partial charge in [0.1, 0.15) is 0 Å². The Morgan fingerprint density at radius 3 is 2.69 bits per heavy atom. The van der Waals surface area contributed by atoms with Crippen molar-refractivity contribution in [1.82, 2.24) is 0 Å². The molecule has 1 heterocycles. The fourth-order valence-corrected chi connectivity index (χ4v) is 3.30. The topological polar surface area (TPSA) is 35.2 Å². The van der Waals surface area contributed by atoms with E-state index in [0.29, 0.717) is 0 Å². The molecule has 0 saturated heterocycles. The van der Waals surface area contributed by atoms with Crippen LogP contribution in [-0.4, -0.2) is 18.8 Å². The number of rotatable bonds is 7. The molecular formula is C12H20BrNOS. The maximum absolute atomic E-state index is 6.20. The highest BCUT2D eigenvalue weighted by atomic mass is 79.9. The van der Waals surface area contributed by atoms with Crippen LogP contribution in [0.25, 0.3) is 0 Å². The van der Waals surface area contributed by atoms with Gasteiger partial charge in [0.15, 0.2) is 0 Å². The van der Waals surface area contributed by atoms with E-state index in [-0.39, 0.29) is 12.1 Å². The molecule has 1 aromatic rings. The van der Waals surface area contributed by atoms with Crippen molar-refractivity contribution in [1.29, 1.82) is 0 Å². The van der Waals surface area contributed by atoms with Gasteiger partial charge in [-0.3, -0.25) is 0 Å². The molecule has 0 bridgehead atoms. The minimum absolute atomic E-state index is 0.102. The first-order valence-electron chi connectivity index (χ1n) is 5.78. The Hall–Kier alpha value is 0.1000. The van der Waals surface area contributed by atoms with Crippen LogP contribution in [0.5, 0.6) is 0 Å². The molecule has 2 N–H and O–H groups in total. The maximum atomic E-state index is 6.20. The summed E-state index contributed by atoms with van der Waals surface area (Å²) < 4.78 is 6.86. The average molecular weight is 306 g/mol. The zero-order valence-electron chi connectivity index (χ0n) is 9.91. The molecule has 0 aliphatic rings. The standard InChI is InChI=1S/C12H20BrNOS/c1-3-5-11(15-4-2)10(14)8-9-6-7-12(13)16-9/h6-7,10-11H,3-5,8,14H2,1-2H3. The van der Waals surface area contributed by atoms with Crippen molar-refractivity contribution in [2.75, 3.05) is 6.61 Å². The van der Waals surface area contributed by atoms with Gasteiger partial charge in [-0.1, -0.05) is 13.3 Å². The second-order valence-corrected chi connectivity index (χ2v) is 6.40. The van der Waals surface area contributed by atoms with Crippen LogP contribution in [-0.2, 0) is 11.2 Å². The summed E-state index contributed by atoms with van der Waals surface area (Å²) in [4.78, 5) is 1.32. The molecule has 0 amide bonds. The first-order valence-corrected chi connectivity index (χ1v) is 7.39. The first kappa shape index (κ1) is 14.2. The number of halogens is 1. The Morgan fingerprint density at radius 2 is 2.19 bits per heavy atom. The summed E-state index contributed by atoms with van der Waals surface area (Å²) in [6.07, 6.45) is 3.26. The molecule has 0 aliphatic heterocycles. The molecule has 2 atom stereocenters. The van der Waals surface area contributed by atoms with Gasteiger partial charge < -0.3 is 10.5 Å². The van der Waals surface area contributed by atoms with Crippen LogP contribution in [0.3, 0.4) is 0 Å². The van der Waals surface area contributed by atoms with E-state index in [1.807, 2.05) is 6.92 Å². The second kappa shape index (κ2) is 7.43. The third kappa shape index (κ3) is 4.53. The molecule has 0 radical (unpaired) electrons. The Labute approximate surface area is 110 Å². The van der Waals surface area contributed by atoms with E-state index in [4.69, 9.17) is 10.5 Å². The van der Waals surface area contributed by atoms with Gasteiger partial charge in [0.25, 0.3) is 0 Å². The fraction of sp³-hybridized carbons (Fsp3) is 0.667. The van der Waals surface area contributed by atoms with Crippen LogP contribution >= 0.6 is 27.3 Å². The van der Waals surface area contributed by atoms with Crippen LogP contribution in [0, 0.1) is 0 Å². The lowest BCUT2D eigenvalue weighted by atomic mass is 10.0. The Morgan fingerprint density at radius 1 is 1.44 bits per heavy atom. The summed E-state index contributed by atoms with van der Waals surface area (Å²) in [7, 11) is 0. The van der Waals surface area contributed by atoms with E-state index in [2.05, 4.69) is 35.0 Å². The number of nitrogens with two attached hydrogens (primary N) is 1. The van der Waals surface area contributed by atoms with Gasteiger partial charge >= 0.3 is 0 Å². The molecule has 0 aliphatic carbocycles. The normalized spacial score (nSPS) is 15.0. The quantitative estimate of drug-likeness (QED) is 0.835. The van der Waals surface area contributed by atoms with Crippen LogP contribution in [0.2, 0.25) is 0 Å². The predicted octanol–water partition coefficient (Wildman–Crippen LogP) is 3.59. The second-order valence-electron chi connectivity index (χ2n) is 3.86. The third-order valence-electron chi connectivity index (χ3n) is 2.50. The summed E-state index contributed by atoms with van der Waals surface area (Å²) in [5.74, 6) is 0. The van der Waals surface area contributed by atoms with Crippen molar-refractivity contribution in [3.05, 3.63) is 20.8 Å². The molecule has 2 nitrogen and oxygen atoms in total. The van der Waals surface area contributed by atoms with Crippen molar-refractivity contribution >= 4 is 27.3 Å². The summed E-state index contributed by atoms with van der Waals surface area (Å²) in [5.41, 5.74) is 6.20. The summed E-state index contributed by atoms with van der Waals surface area (Å²) in [5, 5.41) is 0. The van der Waals surface area contributed by atoms with Crippen molar-refractivity contribution in [2.24, 2.45) is 5.73 Å². The van der Waals surface area contributed by atoms with Crippen LogP contribution in [0.15, 0.2) is 15.9 Å². The zero-order chi connectivity index (χ0) is 12.0. The first-order chi connectivity index (χ1) is 7.67. The molecule has 1 aromatic heterocycles. The summed E-state index contributed by atoms with van der Waals surface area (Å²) in [6.45, 7) is 4.93. The van der Waals surface area contributed by atoms with Gasteiger partial charge in [-0.05, 0) is 47.8 Å². The molecule has 0 saturated carbocycles. The van der Waals surface area contributed by atoms with E-state index in [1.54, 1.807) is 11.3 Å². The lowest BCUT2D eigenvalue weighted by Crippen LogP contribution is -2.38. The summed E-state index contributed by atoms with van der Waals surface area (Å²) in [6, 6.07) is 4.30. The molecule has 0 aromatic carbocycles. The Bertz CT molecular complexity index is 297. The highest BCUT2D eigenvalue weighted by molar-refractivity contribution is 9.11. The lowest BCUT2D eigenvalue weighted by molar-refractivity contribution is 0.0380. The summed E-state index contributed by atoms with van der Waals surface area (Å²) >= 11 is 5.22. The minimum atomic E-state index is 0.102. The van der Waals surface area contributed by atoms with Crippen LogP contribution < -0.4 is 5.73 Å². The van der Waals surface area contributed by atoms with E-state index in [0.717, 1.165) is 29.7 Å². The van der Waals surface area contributed by atoms with Gasteiger partial charge in [0.2, 0.25) is 0 Å². The highest BCUT2D eigenvalue weighted by Crippen LogP contribution is 2.24. The van der Waals surface area contributed by atoms with Gasteiger partial charge in [-0.25, -0.2) is 0 Å². The van der Waals surface area contributed by atoms with E-state index in [1.165, 1.54) is 4.88 Å². The van der Waals surface area contributed by atoms with E-state index < -0.39 is 0 Å². The van der Waals surface area contributed by atoms with Gasteiger partial charge in [-0.2, -0.15) is 0 Å². The number of hydrogen-bond donors (Lipinski definition) is 1. The molecule has 4 heteroatoms. The van der Waals surface area contributed by atoms with Crippen LogP contribution in [0.1, 0.15) is 31.6 Å². The minimum Gasteiger partial charge on any atom is -0.377 e.